The highest BCUT2D eigenvalue weighted by Gasteiger charge is 2.13. The normalized spacial score (nSPS) is 10.1. The van der Waals surface area contributed by atoms with Gasteiger partial charge in [0.2, 0.25) is 0 Å². The summed E-state index contributed by atoms with van der Waals surface area (Å²) in [6, 6.07) is 28.8. The minimum atomic E-state index is -0.750. The maximum absolute atomic E-state index is 8.29. The van der Waals surface area contributed by atoms with E-state index >= 15 is 0 Å². The summed E-state index contributed by atoms with van der Waals surface area (Å²) in [6.45, 7) is 2.12. The van der Waals surface area contributed by atoms with Crippen LogP contribution < -0.4 is 0 Å². The highest BCUT2D eigenvalue weighted by Crippen LogP contribution is 2.31. The van der Waals surface area contributed by atoms with Crippen LogP contribution >= 0.6 is 47.7 Å². The minimum Gasteiger partial charge on any atom is -0.301 e. The largest absolute Gasteiger partial charge is 0.335 e. The van der Waals surface area contributed by atoms with Crippen LogP contribution in [0.3, 0.4) is 0 Å². The first-order valence-corrected chi connectivity index (χ1v) is 18.8. The number of nitrogens with zero attached hydrogens (tertiary/aromatic N) is 6. The molecule has 8 aromatic rings. The van der Waals surface area contributed by atoms with E-state index in [1.165, 1.54) is 18.5 Å². The standard InChI is InChI=1S/C17H13N3S.C16H10BrN3S.BH3P.2O2S/c1-12-11-20(13-5-3-2-4-6-13)16-14(12)7-8-15(19-16)17-18-9-10-21-17;17-13-10-20(11-4-2-1-3-5-11)15-12(13)6-7-14(19-15)16-18-8-9-21-16;1-2;2*1-3-2/h2-11H,1H3;1-10H;1H,2H2;;/i;;1D;;. The van der Waals surface area contributed by atoms with E-state index in [0.29, 0.717) is 0 Å². The SMILES string of the molecule is Brc1cn(-c2ccccc2)c2nc(-c3nccs3)ccc12.Cc1cn(-c2ccccc2)c2nc(-c3nccs3)ccc12.O=S=O.O=S=O.[2H][B]P. The van der Waals surface area contributed by atoms with Gasteiger partial charge in [-0.2, -0.15) is 26.0 Å². The summed E-state index contributed by atoms with van der Waals surface area (Å²) in [5.41, 5.74) is 7.18. The van der Waals surface area contributed by atoms with Crippen LogP contribution in [0.1, 0.15) is 5.56 Å². The second-order valence-electron chi connectivity index (χ2n) is 9.65. The number of pyridine rings is 2. The zero-order valence-corrected chi connectivity index (χ0v) is 32.0. The van der Waals surface area contributed by atoms with Crippen molar-refractivity contribution < 1.29 is 16.8 Å². The van der Waals surface area contributed by atoms with Crippen LogP contribution in [0.4, 0.5) is 0 Å². The molecule has 1 atom stereocenters. The third-order valence-corrected chi connectivity index (χ3v) is 9.05. The highest BCUT2D eigenvalue weighted by atomic mass is 79.9. The summed E-state index contributed by atoms with van der Waals surface area (Å²) in [7, 11) is 3.29. The molecule has 50 heavy (non-hydrogen) atoms. The molecule has 6 heterocycles. The second-order valence-corrected chi connectivity index (χ2v) is 12.6. The molecule has 1 unspecified atom stereocenters. The predicted molar refractivity (Wildman–Crippen MR) is 211 cm³/mol. The number of aromatic nitrogens is 6. The Bertz CT molecular complexity index is 2190. The van der Waals surface area contributed by atoms with Crippen LogP contribution in [0, 0.1) is 6.92 Å². The van der Waals surface area contributed by atoms with Crippen molar-refractivity contribution in [1.82, 2.24) is 29.1 Å². The Hall–Kier alpha value is -4.31. The van der Waals surface area contributed by atoms with E-state index in [-0.39, 0.29) is 0 Å². The van der Waals surface area contributed by atoms with Crippen LogP contribution in [0.25, 0.3) is 54.8 Å². The summed E-state index contributed by atoms with van der Waals surface area (Å²) in [5.74, 6) is 0. The number of para-hydroxylation sites is 2. The number of halogens is 1. The average molecular weight is 822 g/mol. The molecule has 8 rings (SSSR count). The third kappa shape index (κ3) is 9.47. The zero-order valence-electron chi connectivity index (χ0n) is 27.0. The van der Waals surface area contributed by atoms with Gasteiger partial charge in [-0.25, -0.2) is 19.9 Å². The van der Waals surface area contributed by atoms with Crippen molar-refractivity contribution >= 4 is 100 Å². The molecular formula is C33H26BBrN6O4PS4. The van der Waals surface area contributed by atoms with Crippen LogP contribution in [0.15, 0.2) is 125 Å². The van der Waals surface area contributed by atoms with E-state index in [4.69, 9.17) is 28.1 Å². The van der Waals surface area contributed by atoms with E-state index in [0.717, 1.165) is 53.9 Å². The monoisotopic (exact) mass is 820 g/mol. The molecule has 0 aliphatic rings. The van der Waals surface area contributed by atoms with Gasteiger partial charge in [0.15, 0.2) is 0 Å². The number of hydrogen-bond donors (Lipinski definition) is 0. The Balaban J connectivity index is 0.000000186. The first kappa shape index (κ1) is 37.0. The molecule has 2 aromatic carbocycles. The minimum absolute atomic E-state index is 0.750. The number of benzene rings is 2. The van der Waals surface area contributed by atoms with Gasteiger partial charge in [-0.05, 0) is 78.3 Å². The maximum Gasteiger partial charge on any atom is 0.335 e. The molecule has 0 saturated carbocycles. The van der Waals surface area contributed by atoms with Gasteiger partial charge in [0.05, 0.1) is 0 Å². The van der Waals surface area contributed by atoms with Gasteiger partial charge in [0.25, 0.3) is 0 Å². The summed E-state index contributed by atoms with van der Waals surface area (Å²) >= 11 is 5.32. The van der Waals surface area contributed by atoms with Gasteiger partial charge in [0.1, 0.15) is 40.2 Å². The Kier molecular flexibility index (Phi) is 14.6. The number of fused-ring (bicyclic) bond motifs is 2. The Labute approximate surface area is 316 Å². The molecule has 1 radical (unpaired) electrons. The molecule has 0 bridgehead atoms. The molecular weight excluding hydrogens is 794 g/mol. The van der Waals surface area contributed by atoms with Crippen LogP contribution in [-0.2, 0) is 23.1 Å². The van der Waals surface area contributed by atoms with Gasteiger partial charge < -0.3 is 9.13 Å². The van der Waals surface area contributed by atoms with Crippen molar-refractivity contribution in [1.29, 1.82) is 1.34 Å². The molecule has 0 amide bonds. The number of aryl methyl sites for hydroxylation is 1. The number of hydrogen-bond acceptors (Lipinski definition) is 10. The molecule has 6 aromatic heterocycles. The molecule has 17 heteroatoms. The lowest BCUT2D eigenvalue weighted by molar-refractivity contribution is 0.628. The lowest BCUT2D eigenvalue weighted by Crippen LogP contribution is -1.94. The van der Waals surface area contributed by atoms with E-state index in [2.05, 4.69) is 99.9 Å². The predicted octanol–water partition coefficient (Wildman–Crippen LogP) is 7.71. The molecule has 0 saturated heterocycles. The van der Waals surface area contributed by atoms with E-state index < -0.39 is 23.1 Å². The summed E-state index contributed by atoms with van der Waals surface area (Å²) in [5, 5.41) is 8.11. The maximum atomic E-state index is 8.29. The Morgan fingerprint density at radius 1 is 0.700 bits per heavy atom. The summed E-state index contributed by atoms with van der Waals surface area (Å²) < 4.78 is 44.5. The molecule has 251 valence electrons. The molecule has 0 N–H and O–H groups in total. The van der Waals surface area contributed by atoms with Crippen LogP contribution in [0.5, 0.6) is 0 Å². The molecule has 0 aliphatic carbocycles. The zero-order chi connectivity index (χ0) is 36.6. The number of thiazole rings is 2. The average Bonchev–Trinajstić information content (AvgIpc) is 3.99. The Morgan fingerprint density at radius 2 is 1.12 bits per heavy atom. The highest BCUT2D eigenvalue weighted by molar-refractivity contribution is 9.10. The smallest absolute Gasteiger partial charge is 0.301 e. The van der Waals surface area contributed by atoms with Gasteiger partial charge in [0, 0.05) is 62.2 Å². The lowest BCUT2D eigenvalue weighted by atomic mass is 10.2. The van der Waals surface area contributed by atoms with Gasteiger partial charge >= 0.3 is 23.1 Å². The van der Waals surface area contributed by atoms with Crippen LogP contribution in [0.2, 0.25) is 0 Å². The van der Waals surface area contributed by atoms with E-state index in [1.807, 2.05) is 65.5 Å². The second kappa shape index (κ2) is 19.8. The van der Waals surface area contributed by atoms with Crippen molar-refractivity contribution in [3.8, 4) is 32.8 Å². The molecule has 0 aliphatic heterocycles. The topological polar surface area (TPSA) is 130 Å². The van der Waals surface area contributed by atoms with Crippen molar-refractivity contribution in [3.05, 3.63) is 131 Å². The summed E-state index contributed by atoms with van der Waals surface area (Å²) in [6.07, 6.45) is 7.81. The first-order valence-electron chi connectivity index (χ1n) is 14.8. The van der Waals surface area contributed by atoms with Gasteiger partial charge in [-0.1, -0.05) is 36.4 Å². The fraction of sp³-hybridized carbons (Fsp3) is 0.0303. The van der Waals surface area contributed by atoms with Crippen LogP contribution in [-0.4, -0.2) is 54.8 Å². The fourth-order valence-electron chi connectivity index (χ4n) is 4.84. The van der Waals surface area contributed by atoms with Gasteiger partial charge in [-0.15, -0.1) is 22.7 Å². The molecule has 0 fully saturated rings. The number of rotatable bonds is 4. The third-order valence-electron chi connectivity index (χ3n) is 6.83. The molecule has 10 nitrogen and oxygen atoms in total. The Morgan fingerprint density at radius 3 is 1.56 bits per heavy atom. The first-order chi connectivity index (χ1) is 24.9. The molecule has 0 spiro atoms. The summed E-state index contributed by atoms with van der Waals surface area (Å²) in [4.78, 5) is 18.3. The lowest BCUT2D eigenvalue weighted by Gasteiger charge is -2.05. The van der Waals surface area contributed by atoms with Crippen molar-refractivity contribution in [2.24, 2.45) is 0 Å². The van der Waals surface area contributed by atoms with Crippen molar-refractivity contribution in [2.75, 3.05) is 0 Å². The van der Waals surface area contributed by atoms with E-state index in [9.17, 15) is 0 Å². The van der Waals surface area contributed by atoms with Gasteiger partial charge in [-0.3, -0.25) is 0 Å². The van der Waals surface area contributed by atoms with E-state index in [1.54, 1.807) is 28.9 Å². The van der Waals surface area contributed by atoms with Crippen molar-refractivity contribution in [3.63, 3.8) is 0 Å². The quantitative estimate of drug-likeness (QED) is 0.131. The fourth-order valence-corrected chi connectivity index (χ4v) is 6.56. The van der Waals surface area contributed by atoms with Crippen molar-refractivity contribution in [2.45, 2.75) is 6.92 Å².